The topological polar surface area (TPSA) is 64.7 Å². The number of hydrogen-bond acceptors (Lipinski definition) is 4. The zero-order valence-electron chi connectivity index (χ0n) is 13.7. The average Bonchev–Trinajstić information content (AvgIpc) is 3.35. The molecule has 22 heavy (non-hydrogen) atoms. The maximum absolute atomic E-state index is 12.1. The van der Waals surface area contributed by atoms with Crippen LogP contribution in [-0.4, -0.2) is 72.5 Å². The summed E-state index contributed by atoms with van der Waals surface area (Å²) in [4.78, 5) is 28.4. The van der Waals surface area contributed by atoms with Gasteiger partial charge >= 0.3 is 0 Å². The molecule has 2 fully saturated rings. The quantitative estimate of drug-likeness (QED) is 0.648. The lowest BCUT2D eigenvalue weighted by molar-refractivity contribution is -0.129. The van der Waals surface area contributed by atoms with Crippen LogP contribution in [0.4, 0.5) is 0 Å². The number of piperazine rings is 1. The molecule has 0 bridgehead atoms. The van der Waals surface area contributed by atoms with Crippen LogP contribution in [0.25, 0.3) is 0 Å². The van der Waals surface area contributed by atoms with Crippen molar-refractivity contribution in [1.82, 2.24) is 20.4 Å². The van der Waals surface area contributed by atoms with Crippen molar-refractivity contribution < 1.29 is 9.59 Å². The third-order valence-corrected chi connectivity index (χ3v) is 4.55. The first kappa shape index (κ1) is 17.0. The van der Waals surface area contributed by atoms with Crippen LogP contribution >= 0.6 is 0 Å². The van der Waals surface area contributed by atoms with Crippen molar-refractivity contribution in [2.24, 2.45) is 0 Å². The van der Waals surface area contributed by atoms with Crippen molar-refractivity contribution in [3.63, 3.8) is 0 Å². The Morgan fingerprint density at radius 3 is 2.05 bits per heavy atom. The van der Waals surface area contributed by atoms with E-state index in [2.05, 4.69) is 27.0 Å². The molecular weight excluding hydrogens is 280 g/mol. The highest BCUT2D eigenvalue weighted by Gasteiger charge is 2.31. The van der Waals surface area contributed by atoms with E-state index >= 15 is 0 Å². The number of carbonyl (C=O) groups is 2. The fourth-order valence-corrected chi connectivity index (χ4v) is 2.71. The van der Waals surface area contributed by atoms with Crippen LogP contribution in [0.5, 0.6) is 0 Å². The predicted molar refractivity (Wildman–Crippen MR) is 86.4 cm³/mol. The van der Waals surface area contributed by atoms with Gasteiger partial charge in [-0.15, -0.1) is 6.58 Å². The second-order valence-corrected chi connectivity index (χ2v) is 6.24. The standard InChI is InChI=1S/C16H28N4O2/c1-4-7-17-15(21)12(2)19-8-10-20(11-9-19)13(3)16(22)18-14-5-6-14/h4,12-14H,1,5-11H2,2-3H3,(H,17,21)(H,18,22). The Hall–Kier alpha value is -1.40. The highest BCUT2D eigenvalue weighted by molar-refractivity contribution is 5.82. The van der Waals surface area contributed by atoms with Gasteiger partial charge in [-0.05, 0) is 26.7 Å². The fourth-order valence-electron chi connectivity index (χ4n) is 2.71. The van der Waals surface area contributed by atoms with Crippen LogP contribution < -0.4 is 10.6 Å². The average molecular weight is 308 g/mol. The Labute approximate surface area is 132 Å². The molecule has 1 aliphatic carbocycles. The summed E-state index contributed by atoms with van der Waals surface area (Å²) in [7, 11) is 0. The van der Waals surface area contributed by atoms with Crippen LogP contribution in [0.15, 0.2) is 12.7 Å². The van der Waals surface area contributed by atoms with E-state index in [0.717, 1.165) is 39.0 Å². The first-order valence-corrected chi connectivity index (χ1v) is 8.20. The molecule has 2 amide bonds. The highest BCUT2D eigenvalue weighted by atomic mass is 16.2. The van der Waals surface area contributed by atoms with Gasteiger partial charge in [-0.3, -0.25) is 19.4 Å². The molecule has 2 atom stereocenters. The van der Waals surface area contributed by atoms with Gasteiger partial charge in [-0.1, -0.05) is 6.08 Å². The number of nitrogens with one attached hydrogen (secondary N) is 2. The largest absolute Gasteiger partial charge is 0.352 e. The molecule has 0 aromatic carbocycles. The smallest absolute Gasteiger partial charge is 0.237 e. The van der Waals surface area contributed by atoms with Crippen molar-refractivity contribution in [3.05, 3.63) is 12.7 Å². The normalized spacial score (nSPS) is 22.6. The Bertz CT molecular complexity index is 414. The molecule has 1 heterocycles. The van der Waals surface area contributed by atoms with E-state index in [4.69, 9.17) is 0 Å². The van der Waals surface area contributed by atoms with Gasteiger partial charge in [0.2, 0.25) is 11.8 Å². The number of rotatable bonds is 7. The lowest BCUT2D eigenvalue weighted by Crippen LogP contribution is -2.57. The predicted octanol–water partition coefficient (Wildman–Crippen LogP) is -0.0382. The molecule has 2 rings (SSSR count). The lowest BCUT2D eigenvalue weighted by atomic mass is 10.1. The zero-order chi connectivity index (χ0) is 16.1. The Balaban J connectivity index is 1.75. The molecule has 1 saturated carbocycles. The summed E-state index contributed by atoms with van der Waals surface area (Å²) in [5, 5.41) is 5.89. The van der Waals surface area contributed by atoms with Gasteiger partial charge in [0.05, 0.1) is 12.1 Å². The third kappa shape index (κ3) is 4.55. The third-order valence-electron chi connectivity index (χ3n) is 4.55. The van der Waals surface area contributed by atoms with E-state index in [1.807, 2.05) is 13.8 Å². The van der Waals surface area contributed by atoms with Gasteiger partial charge in [0.25, 0.3) is 0 Å². The monoisotopic (exact) mass is 308 g/mol. The second-order valence-electron chi connectivity index (χ2n) is 6.24. The molecule has 0 aromatic heterocycles. The molecule has 0 spiro atoms. The lowest BCUT2D eigenvalue weighted by Gasteiger charge is -2.39. The number of amides is 2. The van der Waals surface area contributed by atoms with Crippen molar-refractivity contribution in [1.29, 1.82) is 0 Å². The van der Waals surface area contributed by atoms with Gasteiger partial charge in [0.1, 0.15) is 0 Å². The molecule has 124 valence electrons. The molecule has 2 unspecified atom stereocenters. The highest BCUT2D eigenvalue weighted by Crippen LogP contribution is 2.19. The maximum Gasteiger partial charge on any atom is 0.237 e. The first-order valence-electron chi connectivity index (χ1n) is 8.20. The van der Waals surface area contributed by atoms with Crippen molar-refractivity contribution >= 4 is 11.8 Å². The van der Waals surface area contributed by atoms with E-state index in [0.29, 0.717) is 12.6 Å². The summed E-state index contributed by atoms with van der Waals surface area (Å²) >= 11 is 0. The van der Waals surface area contributed by atoms with Crippen molar-refractivity contribution in [2.75, 3.05) is 32.7 Å². The van der Waals surface area contributed by atoms with E-state index in [1.165, 1.54) is 0 Å². The van der Waals surface area contributed by atoms with Crippen LogP contribution in [0, 0.1) is 0 Å². The van der Waals surface area contributed by atoms with E-state index in [1.54, 1.807) is 6.08 Å². The van der Waals surface area contributed by atoms with Gasteiger partial charge in [0.15, 0.2) is 0 Å². The molecule has 1 saturated heterocycles. The summed E-state index contributed by atoms with van der Waals surface area (Å²) in [6.45, 7) is 11.3. The Morgan fingerprint density at radius 1 is 1.09 bits per heavy atom. The molecular formula is C16H28N4O2. The minimum atomic E-state index is -0.141. The molecule has 0 radical (unpaired) electrons. The summed E-state index contributed by atoms with van der Waals surface area (Å²) in [5.41, 5.74) is 0. The fraction of sp³-hybridized carbons (Fsp3) is 0.750. The minimum Gasteiger partial charge on any atom is -0.352 e. The van der Waals surface area contributed by atoms with Crippen LogP contribution in [0.3, 0.4) is 0 Å². The van der Waals surface area contributed by atoms with Crippen LogP contribution in [0.1, 0.15) is 26.7 Å². The molecule has 0 aromatic rings. The minimum absolute atomic E-state index is 0.0351. The number of nitrogens with zero attached hydrogens (tertiary/aromatic N) is 2. The molecule has 1 aliphatic heterocycles. The van der Waals surface area contributed by atoms with Gasteiger partial charge in [0, 0.05) is 38.8 Å². The molecule has 6 nitrogen and oxygen atoms in total. The molecule has 2 aliphatic rings. The summed E-state index contributed by atoms with van der Waals surface area (Å²) in [6, 6.07) is 0.176. The Morgan fingerprint density at radius 2 is 1.59 bits per heavy atom. The van der Waals surface area contributed by atoms with Crippen molar-refractivity contribution in [3.8, 4) is 0 Å². The van der Waals surface area contributed by atoms with Gasteiger partial charge in [-0.2, -0.15) is 0 Å². The SMILES string of the molecule is C=CCNC(=O)C(C)N1CCN(C(C)C(=O)NC2CC2)CC1. The summed E-state index contributed by atoms with van der Waals surface area (Å²) in [6.07, 6.45) is 3.91. The first-order chi connectivity index (χ1) is 10.5. The van der Waals surface area contributed by atoms with Crippen LogP contribution in [0.2, 0.25) is 0 Å². The second kappa shape index (κ2) is 7.74. The summed E-state index contributed by atoms with van der Waals surface area (Å²) < 4.78 is 0. The number of hydrogen-bond donors (Lipinski definition) is 2. The maximum atomic E-state index is 12.1. The Kier molecular flexibility index (Phi) is 5.97. The van der Waals surface area contributed by atoms with Crippen molar-refractivity contribution in [2.45, 2.75) is 44.8 Å². The van der Waals surface area contributed by atoms with Gasteiger partial charge < -0.3 is 10.6 Å². The molecule has 6 heteroatoms. The van der Waals surface area contributed by atoms with Crippen LogP contribution in [-0.2, 0) is 9.59 Å². The van der Waals surface area contributed by atoms with E-state index in [9.17, 15) is 9.59 Å². The van der Waals surface area contributed by atoms with E-state index in [-0.39, 0.29) is 23.9 Å². The summed E-state index contributed by atoms with van der Waals surface area (Å²) in [5.74, 6) is 0.167. The molecule has 2 N–H and O–H groups in total. The number of carbonyl (C=O) groups excluding carboxylic acids is 2. The van der Waals surface area contributed by atoms with E-state index < -0.39 is 0 Å². The van der Waals surface area contributed by atoms with Gasteiger partial charge in [-0.25, -0.2) is 0 Å². The zero-order valence-corrected chi connectivity index (χ0v) is 13.7.